The fraction of sp³-hybridized carbons (Fsp3) is 0.846. The molecule has 1 saturated carbocycles. The number of rotatable bonds is 8. The molecule has 1 aliphatic rings. The van der Waals surface area contributed by atoms with E-state index in [1.165, 1.54) is 6.92 Å². The summed E-state index contributed by atoms with van der Waals surface area (Å²) in [6.45, 7) is 5.64. The predicted octanol–water partition coefficient (Wildman–Crippen LogP) is 0.817. The third kappa shape index (κ3) is 4.77. The Labute approximate surface area is 119 Å². The highest BCUT2D eigenvalue weighted by Gasteiger charge is 2.49. The third-order valence-corrected chi connectivity index (χ3v) is 5.89. The van der Waals surface area contributed by atoms with Crippen molar-refractivity contribution in [2.24, 2.45) is 11.3 Å². The van der Waals surface area contributed by atoms with Crippen molar-refractivity contribution in [2.75, 3.05) is 12.3 Å². The van der Waals surface area contributed by atoms with Crippen LogP contribution in [-0.4, -0.2) is 42.9 Å². The molecule has 1 rings (SSSR count). The van der Waals surface area contributed by atoms with Crippen LogP contribution < -0.4 is 5.32 Å². The highest BCUT2D eigenvalue weighted by Crippen LogP contribution is 2.50. The average Bonchev–Trinajstić information content (AvgIpc) is 3.02. The van der Waals surface area contributed by atoms with Gasteiger partial charge >= 0.3 is 5.97 Å². The molecular weight excluding hydrogens is 282 g/mol. The smallest absolute Gasteiger partial charge is 0.303 e. The molecule has 1 unspecified atom stereocenters. The minimum Gasteiger partial charge on any atom is -0.481 e. The number of carbonyl (C=O) groups is 2. The summed E-state index contributed by atoms with van der Waals surface area (Å²) in [7, 11) is -3.62. The third-order valence-electron chi connectivity index (χ3n) is 3.58. The molecule has 0 aromatic rings. The molecular formula is C13H23NO5S. The van der Waals surface area contributed by atoms with Crippen LogP contribution in [0.2, 0.25) is 0 Å². The zero-order chi connectivity index (χ0) is 15.6. The van der Waals surface area contributed by atoms with Gasteiger partial charge in [-0.25, -0.2) is 8.42 Å². The molecule has 6 nitrogen and oxygen atoms in total. The largest absolute Gasteiger partial charge is 0.481 e. The Morgan fingerprint density at radius 3 is 2.20 bits per heavy atom. The van der Waals surface area contributed by atoms with Gasteiger partial charge in [0.1, 0.15) is 5.25 Å². The molecule has 0 saturated heterocycles. The summed E-state index contributed by atoms with van der Waals surface area (Å²) in [6, 6.07) is 0. The molecule has 1 fully saturated rings. The molecule has 1 aliphatic carbocycles. The van der Waals surface area contributed by atoms with Crippen LogP contribution in [0.3, 0.4) is 0 Å². The molecule has 0 radical (unpaired) electrons. The normalized spacial score (nSPS) is 18.6. The van der Waals surface area contributed by atoms with Gasteiger partial charge in [0.15, 0.2) is 9.84 Å². The van der Waals surface area contributed by atoms with Crippen molar-refractivity contribution in [1.82, 2.24) is 5.32 Å². The summed E-state index contributed by atoms with van der Waals surface area (Å²) in [5.74, 6) is -1.47. The number of hydrogen-bond acceptors (Lipinski definition) is 4. The molecule has 0 aromatic carbocycles. The van der Waals surface area contributed by atoms with Crippen LogP contribution in [0.25, 0.3) is 0 Å². The lowest BCUT2D eigenvalue weighted by Crippen LogP contribution is -2.41. The van der Waals surface area contributed by atoms with E-state index in [0.717, 1.165) is 0 Å². The van der Waals surface area contributed by atoms with Crippen LogP contribution in [0.1, 0.15) is 40.0 Å². The van der Waals surface area contributed by atoms with Crippen molar-refractivity contribution < 1.29 is 23.1 Å². The number of carbonyl (C=O) groups excluding carboxylic acids is 1. The lowest BCUT2D eigenvalue weighted by atomic mass is 10.1. The fourth-order valence-corrected chi connectivity index (χ4v) is 3.94. The summed E-state index contributed by atoms with van der Waals surface area (Å²) in [4.78, 5) is 22.6. The zero-order valence-electron chi connectivity index (χ0n) is 12.2. The molecule has 116 valence electrons. The number of hydrogen-bond donors (Lipinski definition) is 2. The second-order valence-corrected chi connectivity index (χ2v) is 8.48. The van der Waals surface area contributed by atoms with Gasteiger partial charge < -0.3 is 10.4 Å². The molecule has 20 heavy (non-hydrogen) atoms. The van der Waals surface area contributed by atoms with E-state index in [2.05, 4.69) is 5.32 Å². The van der Waals surface area contributed by atoms with Gasteiger partial charge in [0.05, 0.1) is 12.2 Å². The van der Waals surface area contributed by atoms with Crippen LogP contribution in [0.4, 0.5) is 0 Å². The number of aliphatic carboxylic acids is 1. The average molecular weight is 305 g/mol. The van der Waals surface area contributed by atoms with Gasteiger partial charge in [0, 0.05) is 6.54 Å². The van der Waals surface area contributed by atoms with Gasteiger partial charge in [-0.15, -0.1) is 0 Å². The first kappa shape index (κ1) is 16.9. The van der Waals surface area contributed by atoms with E-state index in [9.17, 15) is 18.0 Å². The maximum absolute atomic E-state index is 12.2. The number of sulfone groups is 1. The first-order valence-corrected chi connectivity index (χ1v) is 8.51. The highest BCUT2D eigenvalue weighted by atomic mass is 32.2. The Morgan fingerprint density at radius 2 is 1.80 bits per heavy atom. The van der Waals surface area contributed by atoms with E-state index in [1.807, 2.05) is 13.8 Å². The van der Waals surface area contributed by atoms with E-state index in [0.29, 0.717) is 19.4 Å². The number of nitrogens with one attached hydrogen (secondary N) is 1. The van der Waals surface area contributed by atoms with E-state index in [-0.39, 0.29) is 18.1 Å². The van der Waals surface area contributed by atoms with Crippen molar-refractivity contribution >= 4 is 21.7 Å². The Kier molecular flexibility index (Phi) is 5.18. The van der Waals surface area contributed by atoms with Gasteiger partial charge in [-0.3, -0.25) is 9.59 Å². The molecule has 0 aromatic heterocycles. The van der Waals surface area contributed by atoms with Crippen LogP contribution in [-0.2, 0) is 19.4 Å². The standard InChI is InChI=1S/C13H23NO5S/c1-9(2)7-14-12(17)10(3)20(18,19)8-13(4-5-13)6-11(15)16/h9-10H,4-8H2,1-3H3,(H,14,17)(H,15,16). The SMILES string of the molecule is CC(C)CNC(=O)C(C)S(=O)(=O)CC1(CC(=O)O)CC1. The van der Waals surface area contributed by atoms with Gasteiger partial charge in [0.2, 0.25) is 5.91 Å². The van der Waals surface area contributed by atoms with Crippen LogP contribution in [0, 0.1) is 11.3 Å². The minimum atomic E-state index is -3.62. The maximum atomic E-state index is 12.2. The Hall–Kier alpha value is -1.11. The maximum Gasteiger partial charge on any atom is 0.303 e. The second kappa shape index (κ2) is 6.11. The fourth-order valence-electron chi connectivity index (χ4n) is 2.03. The zero-order valence-corrected chi connectivity index (χ0v) is 13.0. The Balaban J connectivity index is 2.64. The summed E-state index contributed by atoms with van der Waals surface area (Å²) < 4.78 is 24.4. The van der Waals surface area contributed by atoms with Gasteiger partial charge in [-0.2, -0.15) is 0 Å². The quantitative estimate of drug-likeness (QED) is 0.691. The Bertz CT molecular complexity index is 479. The highest BCUT2D eigenvalue weighted by molar-refractivity contribution is 7.92. The lowest BCUT2D eigenvalue weighted by molar-refractivity contribution is -0.138. The number of carboxylic acids is 1. The first-order valence-electron chi connectivity index (χ1n) is 6.79. The van der Waals surface area contributed by atoms with Crippen LogP contribution in [0.15, 0.2) is 0 Å². The van der Waals surface area contributed by atoms with E-state index < -0.39 is 32.4 Å². The molecule has 7 heteroatoms. The monoisotopic (exact) mass is 305 g/mol. The van der Waals surface area contributed by atoms with Crippen molar-refractivity contribution in [3.05, 3.63) is 0 Å². The summed E-state index contributed by atoms with van der Waals surface area (Å²) in [5.41, 5.74) is -0.656. The lowest BCUT2D eigenvalue weighted by Gasteiger charge is -2.18. The number of carboxylic acid groups (broad SMARTS) is 1. The number of amides is 1. The molecule has 1 atom stereocenters. The van der Waals surface area contributed by atoms with E-state index >= 15 is 0 Å². The van der Waals surface area contributed by atoms with Crippen molar-refractivity contribution in [3.8, 4) is 0 Å². The molecule has 0 aliphatic heterocycles. The predicted molar refractivity (Wildman–Crippen MR) is 75.0 cm³/mol. The minimum absolute atomic E-state index is 0.146. The molecule has 0 bridgehead atoms. The first-order chi connectivity index (χ1) is 9.08. The molecule has 2 N–H and O–H groups in total. The van der Waals surface area contributed by atoms with E-state index in [4.69, 9.17) is 5.11 Å². The summed E-state index contributed by atoms with van der Waals surface area (Å²) in [6.07, 6.45) is 1.05. The molecule has 0 heterocycles. The van der Waals surface area contributed by atoms with Gasteiger partial charge in [-0.05, 0) is 31.1 Å². The summed E-state index contributed by atoms with van der Waals surface area (Å²) >= 11 is 0. The van der Waals surface area contributed by atoms with Crippen molar-refractivity contribution in [3.63, 3.8) is 0 Å². The van der Waals surface area contributed by atoms with Crippen LogP contribution >= 0.6 is 0 Å². The summed E-state index contributed by atoms with van der Waals surface area (Å²) in [5, 5.41) is 10.3. The van der Waals surface area contributed by atoms with Crippen LogP contribution in [0.5, 0.6) is 0 Å². The van der Waals surface area contributed by atoms with Crippen molar-refractivity contribution in [1.29, 1.82) is 0 Å². The van der Waals surface area contributed by atoms with Gasteiger partial charge in [-0.1, -0.05) is 13.8 Å². The van der Waals surface area contributed by atoms with E-state index in [1.54, 1.807) is 0 Å². The molecule has 0 spiro atoms. The second-order valence-electron chi connectivity index (χ2n) is 6.16. The topological polar surface area (TPSA) is 101 Å². The van der Waals surface area contributed by atoms with Crippen molar-refractivity contribution in [2.45, 2.75) is 45.3 Å². The van der Waals surface area contributed by atoms with Gasteiger partial charge in [0.25, 0.3) is 0 Å². The Morgan fingerprint density at radius 1 is 1.25 bits per heavy atom. The molecule has 1 amide bonds.